The Morgan fingerprint density at radius 2 is 1.64 bits per heavy atom. The molecular weight excluding hydrogens is 330 g/mol. The van der Waals surface area contributed by atoms with Crippen molar-refractivity contribution in [3.05, 3.63) is 30.1 Å². The molecule has 4 nitrogen and oxygen atoms in total. The molecule has 0 radical (unpaired) electrons. The Hall–Kier alpha value is -0.590. The average molecular weight is 355 g/mol. The largest absolute Gasteiger partial charge is 0.491 e. The van der Waals surface area contributed by atoms with Crippen LogP contribution in [-0.2, 0) is 0 Å². The summed E-state index contributed by atoms with van der Waals surface area (Å²) in [5.74, 6) is 0.299. The number of hydrogen-bond donors (Lipinski definition) is 1. The van der Waals surface area contributed by atoms with E-state index in [9.17, 15) is 9.50 Å². The maximum atomic E-state index is 12.7. The Labute approximate surface area is 144 Å². The first-order valence-electron chi connectivity index (χ1n) is 7.18. The molecule has 1 aromatic rings. The molecule has 1 heterocycles. The van der Waals surface area contributed by atoms with Crippen LogP contribution in [0.15, 0.2) is 24.3 Å². The van der Waals surface area contributed by atoms with E-state index in [-0.39, 0.29) is 37.2 Å². The van der Waals surface area contributed by atoms with Gasteiger partial charge in [-0.2, -0.15) is 0 Å². The van der Waals surface area contributed by atoms with Crippen LogP contribution in [-0.4, -0.2) is 66.9 Å². The lowest BCUT2D eigenvalue weighted by atomic mass is 10.2. The van der Waals surface area contributed by atoms with Crippen LogP contribution in [0.1, 0.15) is 6.92 Å². The van der Waals surface area contributed by atoms with Crippen LogP contribution >= 0.6 is 24.8 Å². The quantitative estimate of drug-likeness (QED) is 0.847. The number of benzene rings is 1. The van der Waals surface area contributed by atoms with Gasteiger partial charge in [-0.3, -0.25) is 4.90 Å². The van der Waals surface area contributed by atoms with Gasteiger partial charge in [0, 0.05) is 32.7 Å². The number of aliphatic hydroxyl groups is 1. The number of halogens is 3. The number of aliphatic hydroxyl groups excluding tert-OH is 1. The molecule has 2 rings (SSSR count). The average Bonchev–Trinajstić information content (AvgIpc) is 2.47. The van der Waals surface area contributed by atoms with Gasteiger partial charge in [-0.15, -0.1) is 24.8 Å². The highest BCUT2D eigenvalue weighted by Gasteiger charge is 2.18. The molecule has 1 unspecified atom stereocenters. The highest BCUT2D eigenvalue weighted by atomic mass is 35.5. The van der Waals surface area contributed by atoms with Crippen LogP contribution < -0.4 is 4.74 Å². The van der Waals surface area contributed by atoms with Crippen molar-refractivity contribution in [1.82, 2.24) is 9.80 Å². The van der Waals surface area contributed by atoms with Gasteiger partial charge >= 0.3 is 0 Å². The van der Waals surface area contributed by atoms with Crippen LogP contribution in [0.3, 0.4) is 0 Å². The molecule has 0 spiro atoms. The van der Waals surface area contributed by atoms with Crippen LogP contribution in [0, 0.1) is 5.82 Å². The van der Waals surface area contributed by atoms with E-state index in [1.165, 1.54) is 12.1 Å². The van der Waals surface area contributed by atoms with Crippen molar-refractivity contribution in [1.29, 1.82) is 0 Å². The number of β-amino-alcohol motifs (C(OH)–C–C–N with tert-alkyl or cyclic N) is 1. The summed E-state index contributed by atoms with van der Waals surface area (Å²) < 4.78 is 18.2. The zero-order valence-corrected chi connectivity index (χ0v) is 14.4. The number of nitrogens with zero attached hydrogens (tertiary/aromatic N) is 2. The molecule has 0 aromatic heterocycles. The van der Waals surface area contributed by atoms with E-state index < -0.39 is 6.10 Å². The third-order valence-corrected chi connectivity index (χ3v) is 3.64. The topological polar surface area (TPSA) is 35.9 Å². The summed E-state index contributed by atoms with van der Waals surface area (Å²) >= 11 is 0. The van der Waals surface area contributed by atoms with Crippen molar-refractivity contribution < 1.29 is 14.2 Å². The molecule has 1 aromatic carbocycles. The van der Waals surface area contributed by atoms with Gasteiger partial charge in [-0.05, 0) is 30.8 Å². The molecule has 1 saturated heterocycles. The van der Waals surface area contributed by atoms with E-state index in [1.807, 2.05) is 0 Å². The first kappa shape index (κ1) is 21.4. The summed E-state index contributed by atoms with van der Waals surface area (Å²) in [6, 6.07) is 5.85. The summed E-state index contributed by atoms with van der Waals surface area (Å²) in [4.78, 5) is 4.66. The van der Waals surface area contributed by atoms with Crippen LogP contribution in [0.4, 0.5) is 4.39 Å². The summed E-state index contributed by atoms with van der Waals surface area (Å²) in [5.41, 5.74) is 0. The zero-order valence-electron chi connectivity index (χ0n) is 12.8. The second-order valence-corrected chi connectivity index (χ2v) is 5.15. The molecule has 0 amide bonds. The molecule has 1 atom stereocenters. The second kappa shape index (κ2) is 11.0. The molecule has 0 aliphatic carbocycles. The lowest BCUT2D eigenvalue weighted by Gasteiger charge is -2.34. The van der Waals surface area contributed by atoms with Crippen molar-refractivity contribution in [3.8, 4) is 5.75 Å². The van der Waals surface area contributed by atoms with E-state index in [1.54, 1.807) is 12.1 Å². The standard InChI is InChI=1S/C15H23FN2O2.2ClH/c1-2-17-7-9-18(10-8-17)11-14(19)12-20-15-5-3-13(16)4-6-15;;/h3-6,14,19H,2,7-12H2,1H3;2*1H. The molecule has 0 saturated carbocycles. The molecule has 0 bridgehead atoms. The highest BCUT2D eigenvalue weighted by molar-refractivity contribution is 5.85. The maximum absolute atomic E-state index is 12.7. The van der Waals surface area contributed by atoms with Crippen molar-refractivity contribution >= 4 is 24.8 Å². The van der Waals surface area contributed by atoms with E-state index in [2.05, 4.69) is 16.7 Å². The fraction of sp³-hybridized carbons (Fsp3) is 0.600. The van der Waals surface area contributed by atoms with Gasteiger partial charge in [-0.1, -0.05) is 6.92 Å². The Morgan fingerprint density at radius 1 is 1.09 bits per heavy atom. The first-order valence-corrected chi connectivity index (χ1v) is 7.18. The summed E-state index contributed by atoms with van der Waals surface area (Å²) in [6.45, 7) is 8.20. The smallest absolute Gasteiger partial charge is 0.123 e. The van der Waals surface area contributed by atoms with Gasteiger partial charge in [0.1, 0.15) is 24.3 Å². The minimum Gasteiger partial charge on any atom is -0.491 e. The molecule has 1 aliphatic heterocycles. The lowest BCUT2D eigenvalue weighted by molar-refractivity contribution is 0.0471. The molecule has 1 N–H and O–H groups in total. The Balaban J connectivity index is 0.00000220. The monoisotopic (exact) mass is 354 g/mol. The third kappa shape index (κ3) is 7.11. The van der Waals surface area contributed by atoms with Crippen LogP contribution in [0.2, 0.25) is 0 Å². The molecule has 22 heavy (non-hydrogen) atoms. The second-order valence-electron chi connectivity index (χ2n) is 5.15. The van der Waals surface area contributed by atoms with Gasteiger partial charge in [-0.25, -0.2) is 4.39 Å². The number of hydrogen-bond acceptors (Lipinski definition) is 4. The zero-order chi connectivity index (χ0) is 14.4. The van der Waals surface area contributed by atoms with E-state index in [0.29, 0.717) is 12.3 Å². The predicted octanol–water partition coefficient (Wildman–Crippen LogP) is 2.05. The Morgan fingerprint density at radius 3 is 2.18 bits per heavy atom. The molecule has 1 fully saturated rings. The van der Waals surface area contributed by atoms with E-state index in [0.717, 1.165) is 32.7 Å². The molecule has 7 heteroatoms. The normalized spacial score (nSPS) is 17.2. The predicted molar refractivity (Wildman–Crippen MR) is 91.0 cm³/mol. The summed E-state index contributed by atoms with van der Waals surface area (Å²) in [6.07, 6.45) is -0.520. The van der Waals surface area contributed by atoms with Crippen LogP contribution in [0.25, 0.3) is 0 Å². The van der Waals surface area contributed by atoms with Gasteiger partial charge in [0.25, 0.3) is 0 Å². The molecule has 1 aliphatic rings. The number of likely N-dealkylation sites (N-methyl/N-ethyl adjacent to an activating group) is 1. The van der Waals surface area contributed by atoms with Crippen LogP contribution in [0.5, 0.6) is 5.75 Å². The van der Waals surface area contributed by atoms with Gasteiger partial charge in [0.05, 0.1) is 0 Å². The van der Waals surface area contributed by atoms with Crippen molar-refractivity contribution in [2.45, 2.75) is 13.0 Å². The Kier molecular flexibility index (Phi) is 10.7. The van der Waals surface area contributed by atoms with Gasteiger partial charge < -0.3 is 14.7 Å². The third-order valence-electron chi connectivity index (χ3n) is 3.64. The summed E-state index contributed by atoms with van der Waals surface area (Å²) in [5, 5.41) is 9.99. The minimum atomic E-state index is -0.520. The fourth-order valence-corrected chi connectivity index (χ4v) is 2.36. The van der Waals surface area contributed by atoms with E-state index in [4.69, 9.17) is 4.74 Å². The first-order chi connectivity index (χ1) is 9.67. The van der Waals surface area contributed by atoms with Gasteiger partial charge in [0.15, 0.2) is 0 Å². The number of piperazine rings is 1. The minimum absolute atomic E-state index is 0. The van der Waals surface area contributed by atoms with Crippen molar-refractivity contribution in [2.24, 2.45) is 0 Å². The summed E-state index contributed by atoms with van der Waals surface area (Å²) in [7, 11) is 0. The number of rotatable bonds is 6. The highest BCUT2D eigenvalue weighted by Crippen LogP contribution is 2.11. The number of ether oxygens (including phenoxy) is 1. The maximum Gasteiger partial charge on any atom is 0.123 e. The van der Waals surface area contributed by atoms with E-state index >= 15 is 0 Å². The SMILES string of the molecule is CCN1CCN(CC(O)COc2ccc(F)cc2)CC1.Cl.Cl. The van der Waals surface area contributed by atoms with Crippen molar-refractivity contribution in [2.75, 3.05) is 45.9 Å². The molecule has 128 valence electrons. The molecular formula is C15H25Cl2FN2O2. The van der Waals surface area contributed by atoms with Gasteiger partial charge in [0.2, 0.25) is 0 Å². The lowest BCUT2D eigenvalue weighted by Crippen LogP contribution is -2.49. The fourth-order valence-electron chi connectivity index (χ4n) is 2.36. The Bertz CT molecular complexity index is 401. The van der Waals surface area contributed by atoms with Crippen molar-refractivity contribution in [3.63, 3.8) is 0 Å².